The van der Waals surface area contributed by atoms with Gasteiger partial charge in [-0.05, 0) is 23.6 Å². The largest absolute Gasteiger partial charge is 0.491 e. The second kappa shape index (κ2) is 7.41. The van der Waals surface area contributed by atoms with E-state index in [1.165, 1.54) is 23.1 Å². The Balaban J connectivity index is 2.11. The molecule has 0 fully saturated rings. The first-order chi connectivity index (χ1) is 10.5. The number of thiophene rings is 1. The molecule has 0 unspecified atom stereocenters. The number of nitrogens with zero attached hydrogens (tertiary/aromatic N) is 2. The summed E-state index contributed by atoms with van der Waals surface area (Å²) in [5.41, 5.74) is 16.2. The third-order valence-corrected chi connectivity index (χ3v) is 3.52. The van der Waals surface area contributed by atoms with E-state index in [1.807, 2.05) is 17.5 Å². The van der Waals surface area contributed by atoms with E-state index < -0.39 is 5.82 Å². The Labute approximate surface area is 131 Å². The summed E-state index contributed by atoms with van der Waals surface area (Å²) in [5.74, 6) is -0.444. The zero-order valence-corrected chi connectivity index (χ0v) is 12.5. The number of ether oxygens (including phenoxy) is 1. The number of guanidine groups is 2. The molecule has 1 aromatic heterocycles. The number of rotatable bonds is 5. The van der Waals surface area contributed by atoms with Gasteiger partial charge in [0, 0.05) is 17.4 Å². The first-order valence-corrected chi connectivity index (χ1v) is 7.31. The minimum Gasteiger partial charge on any atom is -0.491 e. The van der Waals surface area contributed by atoms with E-state index in [-0.39, 0.29) is 17.6 Å². The zero-order chi connectivity index (χ0) is 15.9. The Morgan fingerprint density at radius 2 is 2.05 bits per heavy atom. The lowest BCUT2D eigenvalue weighted by molar-refractivity contribution is 0.323. The summed E-state index contributed by atoms with van der Waals surface area (Å²) in [6.45, 7) is 0.441. The van der Waals surface area contributed by atoms with E-state index in [0.29, 0.717) is 12.4 Å². The fraction of sp³-hybridized carbons (Fsp3) is 0.143. The van der Waals surface area contributed by atoms with Crippen molar-refractivity contribution in [2.24, 2.45) is 27.2 Å². The zero-order valence-electron chi connectivity index (χ0n) is 11.7. The van der Waals surface area contributed by atoms with E-state index in [4.69, 9.17) is 21.9 Å². The smallest absolute Gasteiger partial charge is 0.223 e. The fourth-order valence-electron chi connectivity index (χ4n) is 1.70. The van der Waals surface area contributed by atoms with Crippen molar-refractivity contribution in [3.05, 3.63) is 46.4 Å². The van der Waals surface area contributed by atoms with Crippen LogP contribution in [0.4, 0.5) is 10.1 Å². The molecule has 0 radical (unpaired) electrons. The van der Waals surface area contributed by atoms with Crippen molar-refractivity contribution in [3.8, 4) is 5.75 Å². The highest BCUT2D eigenvalue weighted by atomic mass is 32.1. The second-order valence-corrected chi connectivity index (χ2v) is 5.33. The fourth-order valence-corrected chi connectivity index (χ4v) is 2.39. The van der Waals surface area contributed by atoms with E-state index in [0.717, 1.165) is 6.42 Å². The number of hydrogen-bond donors (Lipinski definition) is 3. The quantitative estimate of drug-likeness (QED) is 0.575. The number of aliphatic imine (C=N–C) groups is 2. The standard InChI is InChI=1S/C14H16FN5OS/c15-9-3-4-12(21-6-5-10-2-1-7-22-10)11(8-9)19-14(18)20-13(16)17/h1-4,7-8H,5-6H2,(H6,16,17,18,19,20). The van der Waals surface area contributed by atoms with Crippen LogP contribution in [0, 0.1) is 5.82 Å². The van der Waals surface area contributed by atoms with E-state index >= 15 is 0 Å². The van der Waals surface area contributed by atoms with Gasteiger partial charge in [-0.2, -0.15) is 4.99 Å². The number of hydrogen-bond acceptors (Lipinski definition) is 3. The van der Waals surface area contributed by atoms with Gasteiger partial charge < -0.3 is 21.9 Å². The molecule has 1 aromatic carbocycles. The minimum absolute atomic E-state index is 0.172. The first-order valence-electron chi connectivity index (χ1n) is 6.43. The van der Waals surface area contributed by atoms with Crippen molar-refractivity contribution in [2.45, 2.75) is 6.42 Å². The lowest BCUT2D eigenvalue weighted by Gasteiger charge is -2.08. The van der Waals surface area contributed by atoms with Gasteiger partial charge in [-0.25, -0.2) is 9.38 Å². The molecule has 2 aromatic rings. The lowest BCUT2D eigenvalue weighted by atomic mass is 10.3. The summed E-state index contributed by atoms with van der Waals surface area (Å²) in [6, 6.07) is 7.98. The molecule has 0 spiro atoms. The van der Waals surface area contributed by atoms with Gasteiger partial charge in [0.2, 0.25) is 5.96 Å². The SMILES string of the molecule is NC(N)=NC(N)=Nc1cc(F)ccc1OCCc1cccs1. The highest BCUT2D eigenvalue weighted by molar-refractivity contribution is 7.09. The molecule has 0 aliphatic heterocycles. The average Bonchev–Trinajstić information content (AvgIpc) is 2.93. The van der Waals surface area contributed by atoms with Crippen molar-refractivity contribution in [2.75, 3.05) is 6.61 Å². The van der Waals surface area contributed by atoms with Crippen molar-refractivity contribution in [3.63, 3.8) is 0 Å². The van der Waals surface area contributed by atoms with Crippen LogP contribution >= 0.6 is 11.3 Å². The molecule has 6 nitrogen and oxygen atoms in total. The monoisotopic (exact) mass is 321 g/mol. The van der Waals surface area contributed by atoms with Gasteiger partial charge in [-0.3, -0.25) is 0 Å². The van der Waals surface area contributed by atoms with Crippen molar-refractivity contribution >= 4 is 28.9 Å². The van der Waals surface area contributed by atoms with Crippen LogP contribution in [0.5, 0.6) is 5.75 Å². The summed E-state index contributed by atoms with van der Waals surface area (Å²) in [7, 11) is 0. The van der Waals surface area contributed by atoms with Crippen LogP contribution in [0.15, 0.2) is 45.7 Å². The Morgan fingerprint density at radius 3 is 2.73 bits per heavy atom. The van der Waals surface area contributed by atoms with Gasteiger partial charge >= 0.3 is 0 Å². The van der Waals surface area contributed by atoms with E-state index in [2.05, 4.69) is 9.98 Å². The highest BCUT2D eigenvalue weighted by Gasteiger charge is 2.06. The Kier molecular flexibility index (Phi) is 5.31. The Hall–Kier alpha value is -2.61. The molecule has 1 heterocycles. The maximum atomic E-state index is 13.4. The summed E-state index contributed by atoms with van der Waals surface area (Å²) >= 11 is 1.65. The molecule has 0 saturated carbocycles. The summed E-state index contributed by atoms with van der Waals surface area (Å²) in [6.07, 6.45) is 0.752. The maximum Gasteiger partial charge on any atom is 0.223 e. The highest BCUT2D eigenvalue weighted by Crippen LogP contribution is 2.28. The molecule has 22 heavy (non-hydrogen) atoms. The van der Waals surface area contributed by atoms with Crippen LogP contribution in [-0.4, -0.2) is 18.5 Å². The second-order valence-electron chi connectivity index (χ2n) is 4.30. The van der Waals surface area contributed by atoms with Crippen LogP contribution in [-0.2, 0) is 6.42 Å². The maximum absolute atomic E-state index is 13.4. The molecule has 0 saturated heterocycles. The summed E-state index contributed by atoms with van der Waals surface area (Å²) < 4.78 is 19.0. The van der Waals surface area contributed by atoms with Gasteiger partial charge in [-0.1, -0.05) is 6.07 Å². The van der Waals surface area contributed by atoms with Crippen LogP contribution in [0.3, 0.4) is 0 Å². The number of benzene rings is 1. The van der Waals surface area contributed by atoms with Crippen LogP contribution in [0.1, 0.15) is 4.88 Å². The Bertz CT molecular complexity index is 681. The molecule has 0 aliphatic rings. The van der Waals surface area contributed by atoms with E-state index in [9.17, 15) is 4.39 Å². The van der Waals surface area contributed by atoms with Crippen LogP contribution in [0.25, 0.3) is 0 Å². The van der Waals surface area contributed by atoms with Crippen molar-refractivity contribution in [1.82, 2.24) is 0 Å². The number of halogens is 1. The third kappa shape index (κ3) is 4.74. The van der Waals surface area contributed by atoms with Gasteiger partial charge in [0.15, 0.2) is 5.96 Å². The molecule has 6 N–H and O–H groups in total. The molecule has 0 bridgehead atoms. The molecule has 0 aliphatic carbocycles. The first kappa shape index (κ1) is 15.8. The summed E-state index contributed by atoms with van der Waals surface area (Å²) in [5, 5.41) is 2.00. The lowest BCUT2D eigenvalue weighted by Crippen LogP contribution is -2.26. The van der Waals surface area contributed by atoms with Gasteiger partial charge in [0.05, 0.1) is 6.61 Å². The molecule has 8 heteroatoms. The molecule has 2 rings (SSSR count). The van der Waals surface area contributed by atoms with E-state index in [1.54, 1.807) is 11.3 Å². The van der Waals surface area contributed by atoms with Crippen molar-refractivity contribution < 1.29 is 9.13 Å². The van der Waals surface area contributed by atoms with Crippen LogP contribution in [0.2, 0.25) is 0 Å². The topological polar surface area (TPSA) is 112 Å². The average molecular weight is 321 g/mol. The normalized spacial score (nSPS) is 11.2. The summed E-state index contributed by atoms with van der Waals surface area (Å²) in [4.78, 5) is 8.75. The van der Waals surface area contributed by atoms with Crippen LogP contribution < -0.4 is 21.9 Å². The minimum atomic E-state index is -0.457. The molecule has 116 valence electrons. The molecular formula is C14H16FN5OS. The predicted molar refractivity (Wildman–Crippen MR) is 87.0 cm³/mol. The third-order valence-electron chi connectivity index (χ3n) is 2.59. The molecular weight excluding hydrogens is 305 g/mol. The predicted octanol–water partition coefficient (Wildman–Crippen LogP) is 1.73. The van der Waals surface area contributed by atoms with Crippen molar-refractivity contribution in [1.29, 1.82) is 0 Å². The van der Waals surface area contributed by atoms with Gasteiger partial charge in [-0.15, -0.1) is 11.3 Å². The number of nitrogens with two attached hydrogens (primary N) is 3. The molecule has 0 amide bonds. The molecule has 0 atom stereocenters. The van der Waals surface area contributed by atoms with Gasteiger partial charge in [0.1, 0.15) is 17.3 Å². The Morgan fingerprint density at radius 1 is 1.23 bits per heavy atom. The van der Waals surface area contributed by atoms with Gasteiger partial charge in [0.25, 0.3) is 0 Å².